The van der Waals surface area contributed by atoms with Crippen molar-refractivity contribution in [3.8, 4) is 6.07 Å². The molecule has 0 aliphatic rings. The lowest BCUT2D eigenvalue weighted by Gasteiger charge is -2.11. The van der Waals surface area contributed by atoms with Gasteiger partial charge in [-0.05, 0) is 46.7 Å². The van der Waals surface area contributed by atoms with E-state index in [9.17, 15) is 18.0 Å². The molecule has 3 nitrogen and oxygen atoms in total. The number of rotatable bonds is 3. The summed E-state index contributed by atoms with van der Waals surface area (Å²) in [5, 5.41) is 8.82. The molecule has 0 aliphatic carbocycles. The van der Waals surface area contributed by atoms with Gasteiger partial charge in [0.1, 0.15) is 6.07 Å². The van der Waals surface area contributed by atoms with Crippen molar-refractivity contribution >= 4 is 33.7 Å². The van der Waals surface area contributed by atoms with E-state index in [0.29, 0.717) is 0 Å². The summed E-state index contributed by atoms with van der Waals surface area (Å²) in [5.74, 6) is -0.891. The molecule has 0 fully saturated rings. The van der Waals surface area contributed by atoms with E-state index in [2.05, 4.69) is 20.7 Å². The molecule has 1 aromatic carbocycles. The van der Waals surface area contributed by atoms with Gasteiger partial charge in [0.05, 0.1) is 17.7 Å². The van der Waals surface area contributed by atoms with Crippen molar-refractivity contribution in [1.82, 2.24) is 0 Å². The third-order valence-electron chi connectivity index (χ3n) is 1.91. The average molecular weight is 354 g/mol. The minimum absolute atomic E-state index is 0.0346. The van der Waals surface area contributed by atoms with E-state index in [4.69, 9.17) is 5.26 Å². The highest BCUT2D eigenvalue weighted by molar-refractivity contribution is 9.10. The Morgan fingerprint density at radius 1 is 1.53 bits per heavy atom. The van der Waals surface area contributed by atoms with Crippen molar-refractivity contribution in [3.05, 3.63) is 27.7 Å². The highest BCUT2D eigenvalue weighted by Crippen LogP contribution is 2.40. The molecule has 0 N–H and O–H groups in total. The molecule has 0 spiro atoms. The lowest BCUT2D eigenvalue weighted by Crippen LogP contribution is -2.09. The summed E-state index contributed by atoms with van der Waals surface area (Å²) in [6.45, 7) is 1.57. The number of nitrogens with zero attached hydrogens (tertiary/aromatic N) is 1. The number of hydrogen-bond acceptors (Lipinski definition) is 4. The SMILES string of the molecule is CCOC(=O)c1cc(C#N)c(Br)cc1SC(F)(F)F. The summed E-state index contributed by atoms with van der Waals surface area (Å²) in [7, 11) is 0. The van der Waals surface area contributed by atoms with E-state index in [-0.39, 0.29) is 27.1 Å². The van der Waals surface area contributed by atoms with Crippen LogP contribution >= 0.6 is 27.7 Å². The van der Waals surface area contributed by atoms with Crippen molar-refractivity contribution in [1.29, 1.82) is 5.26 Å². The van der Waals surface area contributed by atoms with Crippen molar-refractivity contribution < 1.29 is 22.7 Å². The van der Waals surface area contributed by atoms with E-state index >= 15 is 0 Å². The Labute approximate surface area is 119 Å². The lowest BCUT2D eigenvalue weighted by atomic mass is 10.1. The van der Waals surface area contributed by atoms with Gasteiger partial charge in [0.2, 0.25) is 0 Å². The van der Waals surface area contributed by atoms with Gasteiger partial charge in [-0.1, -0.05) is 0 Å². The molecule has 0 saturated heterocycles. The first-order chi connectivity index (χ1) is 8.78. The fourth-order valence-corrected chi connectivity index (χ4v) is 2.48. The monoisotopic (exact) mass is 353 g/mol. The summed E-state index contributed by atoms with van der Waals surface area (Å²) < 4.78 is 42.1. The summed E-state index contributed by atoms with van der Waals surface area (Å²) in [4.78, 5) is 11.3. The maximum Gasteiger partial charge on any atom is 0.446 e. The van der Waals surface area contributed by atoms with Crippen molar-refractivity contribution in [2.24, 2.45) is 0 Å². The van der Waals surface area contributed by atoms with Gasteiger partial charge in [0.25, 0.3) is 0 Å². The number of nitriles is 1. The molecule has 102 valence electrons. The molecule has 1 rings (SSSR count). The highest BCUT2D eigenvalue weighted by Gasteiger charge is 2.32. The number of hydrogen-bond donors (Lipinski definition) is 0. The molecule has 0 atom stereocenters. The van der Waals surface area contributed by atoms with Crippen LogP contribution in [0, 0.1) is 11.3 Å². The predicted molar refractivity (Wildman–Crippen MR) is 66.7 cm³/mol. The number of carbonyl (C=O) groups is 1. The number of benzene rings is 1. The summed E-state index contributed by atoms with van der Waals surface area (Å²) in [6.07, 6.45) is 0. The van der Waals surface area contributed by atoms with Crippen LogP contribution in [0.1, 0.15) is 22.8 Å². The Kier molecular flexibility index (Phi) is 5.26. The molecule has 8 heteroatoms. The highest BCUT2D eigenvalue weighted by atomic mass is 79.9. The number of esters is 1. The Morgan fingerprint density at radius 3 is 2.63 bits per heavy atom. The van der Waals surface area contributed by atoms with E-state index < -0.39 is 23.2 Å². The van der Waals surface area contributed by atoms with Crippen molar-refractivity contribution in [3.63, 3.8) is 0 Å². The van der Waals surface area contributed by atoms with Gasteiger partial charge in [-0.2, -0.15) is 18.4 Å². The zero-order valence-electron chi connectivity index (χ0n) is 9.55. The van der Waals surface area contributed by atoms with Gasteiger partial charge < -0.3 is 4.74 Å². The summed E-state index contributed by atoms with van der Waals surface area (Å²) in [5.41, 5.74) is -4.74. The van der Waals surface area contributed by atoms with Gasteiger partial charge in [0.15, 0.2) is 0 Å². The Hall–Kier alpha value is -1.20. The van der Waals surface area contributed by atoms with Crippen LogP contribution in [0.5, 0.6) is 0 Å². The van der Waals surface area contributed by atoms with Gasteiger partial charge in [-0.15, -0.1) is 0 Å². The van der Waals surface area contributed by atoms with Crippen LogP contribution in [0.25, 0.3) is 0 Å². The summed E-state index contributed by atoms with van der Waals surface area (Å²) in [6, 6.07) is 3.94. The summed E-state index contributed by atoms with van der Waals surface area (Å²) >= 11 is 2.56. The van der Waals surface area contributed by atoms with E-state index in [0.717, 1.165) is 12.1 Å². The minimum Gasteiger partial charge on any atom is -0.462 e. The van der Waals surface area contributed by atoms with Gasteiger partial charge in [0, 0.05) is 9.37 Å². The molecular formula is C11H7BrF3NO2S. The van der Waals surface area contributed by atoms with Gasteiger partial charge in [-0.25, -0.2) is 4.79 Å². The molecule has 0 saturated carbocycles. The van der Waals surface area contributed by atoms with Crippen LogP contribution in [0.4, 0.5) is 13.2 Å². The molecule has 0 bridgehead atoms. The van der Waals surface area contributed by atoms with E-state index in [1.165, 1.54) is 0 Å². The van der Waals surface area contributed by atoms with Crippen LogP contribution < -0.4 is 0 Å². The smallest absolute Gasteiger partial charge is 0.446 e. The van der Waals surface area contributed by atoms with Crippen LogP contribution in [0.3, 0.4) is 0 Å². The maximum atomic E-state index is 12.4. The minimum atomic E-state index is -4.53. The Bertz CT molecular complexity index is 540. The third kappa shape index (κ3) is 4.44. The zero-order chi connectivity index (χ0) is 14.6. The number of halogens is 4. The van der Waals surface area contributed by atoms with Crippen molar-refractivity contribution in [2.75, 3.05) is 6.61 Å². The molecule has 0 amide bonds. The number of thioether (sulfide) groups is 1. The molecular weight excluding hydrogens is 347 g/mol. The number of ether oxygens (including phenoxy) is 1. The number of carbonyl (C=O) groups excluding carboxylic acids is 1. The second kappa shape index (κ2) is 6.30. The molecule has 0 radical (unpaired) electrons. The molecule has 19 heavy (non-hydrogen) atoms. The van der Waals surface area contributed by atoms with E-state index in [1.807, 2.05) is 0 Å². The lowest BCUT2D eigenvalue weighted by molar-refractivity contribution is -0.0328. The Balaban J connectivity index is 3.31. The third-order valence-corrected chi connectivity index (χ3v) is 3.36. The zero-order valence-corrected chi connectivity index (χ0v) is 11.9. The fraction of sp³-hybridized carbons (Fsp3) is 0.273. The maximum absolute atomic E-state index is 12.4. The van der Waals surface area contributed by atoms with Crippen molar-refractivity contribution in [2.45, 2.75) is 17.3 Å². The van der Waals surface area contributed by atoms with Gasteiger partial charge >= 0.3 is 11.5 Å². The topological polar surface area (TPSA) is 50.1 Å². The first-order valence-corrected chi connectivity index (χ1v) is 6.56. The fourth-order valence-electron chi connectivity index (χ4n) is 1.22. The molecule has 0 aromatic heterocycles. The second-order valence-corrected chi connectivity index (χ2v) is 5.17. The first kappa shape index (κ1) is 15.9. The van der Waals surface area contributed by atoms with E-state index in [1.54, 1.807) is 13.0 Å². The predicted octanol–water partition coefficient (Wildman–Crippen LogP) is 4.11. The quantitative estimate of drug-likeness (QED) is 0.606. The van der Waals surface area contributed by atoms with Crippen LogP contribution in [-0.4, -0.2) is 18.1 Å². The first-order valence-electron chi connectivity index (χ1n) is 4.95. The standard InChI is InChI=1S/C11H7BrF3NO2S/c1-2-18-10(17)7-3-6(5-16)8(12)4-9(7)19-11(13,14)15/h3-4H,2H2,1H3. The molecule has 0 aliphatic heterocycles. The van der Waals surface area contributed by atoms with Crippen LogP contribution in [0.15, 0.2) is 21.5 Å². The number of alkyl halides is 3. The molecule has 0 heterocycles. The second-order valence-electron chi connectivity index (χ2n) is 3.21. The van der Waals surface area contributed by atoms with Gasteiger partial charge in [-0.3, -0.25) is 0 Å². The van der Waals surface area contributed by atoms with Crippen LogP contribution in [0.2, 0.25) is 0 Å². The largest absolute Gasteiger partial charge is 0.462 e. The Morgan fingerprint density at radius 2 is 2.16 bits per heavy atom. The van der Waals surface area contributed by atoms with Crippen LogP contribution in [-0.2, 0) is 4.74 Å². The molecule has 1 aromatic rings. The molecule has 0 unspecified atom stereocenters. The average Bonchev–Trinajstić information content (AvgIpc) is 2.27. The normalized spacial score (nSPS) is 10.9.